The zero-order valence-electron chi connectivity index (χ0n) is 19.7. The van der Waals surface area contributed by atoms with E-state index in [0.29, 0.717) is 19.5 Å². The topological polar surface area (TPSA) is 81.3 Å². The molecule has 184 valence electrons. The van der Waals surface area contributed by atoms with E-state index in [-0.39, 0.29) is 29.4 Å². The van der Waals surface area contributed by atoms with E-state index in [1.807, 2.05) is 36.4 Å². The molecule has 0 saturated carbocycles. The first-order valence-corrected chi connectivity index (χ1v) is 12.1. The first-order valence-electron chi connectivity index (χ1n) is 12.1. The molecule has 2 saturated heterocycles. The third kappa shape index (κ3) is 6.05. The largest absolute Gasteiger partial charge is 0.457 e. The summed E-state index contributed by atoms with van der Waals surface area (Å²) in [6.45, 7) is 5.04. The van der Waals surface area contributed by atoms with Crippen LogP contribution >= 0.6 is 12.4 Å². The van der Waals surface area contributed by atoms with E-state index in [1.54, 1.807) is 0 Å². The van der Waals surface area contributed by atoms with Crippen molar-refractivity contribution in [1.29, 1.82) is 0 Å². The number of halogens is 1. The second-order valence-electron chi connectivity index (χ2n) is 9.44. The maximum Gasteiger partial charge on any atom is 0.176 e. The van der Waals surface area contributed by atoms with Gasteiger partial charge in [-0.1, -0.05) is 12.8 Å². The van der Waals surface area contributed by atoms with Crippen LogP contribution in [-0.4, -0.2) is 66.1 Å². The smallest absolute Gasteiger partial charge is 0.176 e. The molecular formula is C27H35ClN2O4. The lowest BCUT2D eigenvalue weighted by Crippen LogP contribution is -2.34. The fourth-order valence-electron chi connectivity index (χ4n) is 5.13. The van der Waals surface area contributed by atoms with Gasteiger partial charge in [0.2, 0.25) is 0 Å². The van der Waals surface area contributed by atoms with Crippen LogP contribution in [0, 0.1) is 0 Å². The molecule has 3 aliphatic heterocycles. The van der Waals surface area contributed by atoms with Crippen molar-refractivity contribution in [3.8, 4) is 11.5 Å². The van der Waals surface area contributed by atoms with Crippen molar-refractivity contribution in [2.75, 3.05) is 39.3 Å². The van der Waals surface area contributed by atoms with E-state index in [1.165, 1.54) is 38.5 Å². The molecule has 2 aromatic carbocycles. The molecule has 0 bridgehead atoms. The molecule has 0 radical (unpaired) electrons. The number of rotatable bonds is 6. The Hall–Kier alpha value is -2.25. The molecular weight excluding hydrogens is 452 g/mol. The minimum atomic E-state index is 0. The van der Waals surface area contributed by atoms with Gasteiger partial charge in [0.05, 0.1) is 13.1 Å². The lowest BCUT2D eigenvalue weighted by atomic mass is 9.95. The standard InChI is InChI=1S/C27H32N2O3.ClH.H2O/c30-24(18-28-11-3-1-4-12-28)20-7-9-26-22(15-20)17-23-16-21(8-10-27(23)32-26)25(31)19-29-13-5-2-6-14-29;;/h7-10,15-16H,1-6,11-14,17-19H2;1H;1H2. The van der Waals surface area contributed by atoms with E-state index in [4.69, 9.17) is 4.74 Å². The Balaban J connectivity index is 0.00000162. The summed E-state index contributed by atoms with van der Waals surface area (Å²) in [6, 6.07) is 11.5. The van der Waals surface area contributed by atoms with Crippen molar-refractivity contribution in [3.05, 3.63) is 58.7 Å². The molecule has 5 rings (SSSR count). The number of ketones is 2. The molecule has 0 unspecified atom stereocenters. The predicted molar refractivity (Wildman–Crippen MR) is 136 cm³/mol. The molecule has 6 nitrogen and oxygen atoms in total. The predicted octanol–water partition coefficient (Wildman–Crippen LogP) is 4.32. The van der Waals surface area contributed by atoms with E-state index in [2.05, 4.69) is 9.80 Å². The van der Waals surface area contributed by atoms with Gasteiger partial charge in [0, 0.05) is 28.7 Å². The van der Waals surface area contributed by atoms with E-state index in [9.17, 15) is 9.59 Å². The molecule has 2 fully saturated rings. The Labute approximate surface area is 208 Å². The Kier molecular flexibility index (Phi) is 9.25. The number of hydrogen-bond donors (Lipinski definition) is 0. The number of ether oxygens (including phenoxy) is 1. The SMILES string of the molecule is Cl.O.O=C(CN1CCCCC1)c1ccc2c(c1)Cc1cc(C(=O)CN3CCCCC3)ccc1O2. The number of Topliss-reactive ketones (excluding diaryl/α,β-unsaturated/α-hetero) is 2. The molecule has 3 heterocycles. The van der Waals surface area contributed by atoms with Gasteiger partial charge in [0.25, 0.3) is 0 Å². The van der Waals surface area contributed by atoms with Crippen molar-refractivity contribution in [3.63, 3.8) is 0 Å². The number of fused-ring (bicyclic) bond motifs is 2. The number of benzene rings is 2. The summed E-state index contributed by atoms with van der Waals surface area (Å²) in [5, 5.41) is 0. The number of hydrogen-bond acceptors (Lipinski definition) is 5. The van der Waals surface area contributed by atoms with Crippen LogP contribution < -0.4 is 4.74 Å². The number of carbonyl (C=O) groups excluding carboxylic acids is 2. The maximum atomic E-state index is 12.8. The van der Waals surface area contributed by atoms with Gasteiger partial charge in [-0.25, -0.2) is 0 Å². The van der Waals surface area contributed by atoms with Crippen molar-refractivity contribution in [2.24, 2.45) is 0 Å². The maximum absolute atomic E-state index is 12.8. The number of likely N-dealkylation sites (tertiary alicyclic amines) is 2. The third-order valence-corrected chi connectivity index (χ3v) is 7.00. The highest BCUT2D eigenvalue weighted by Gasteiger charge is 2.22. The molecule has 2 aromatic rings. The van der Waals surface area contributed by atoms with Crippen molar-refractivity contribution >= 4 is 24.0 Å². The first-order chi connectivity index (χ1) is 15.7. The van der Waals surface area contributed by atoms with Crippen molar-refractivity contribution in [1.82, 2.24) is 9.80 Å². The molecule has 0 spiro atoms. The van der Waals surface area contributed by atoms with Crippen molar-refractivity contribution < 1.29 is 19.8 Å². The Morgan fingerprint density at radius 3 is 1.50 bits per heavy atom. The van der Waals surface area contributed by atoms with Crippen LogP contribution in [0.3, 0.4) is 0 Å². The normalized spacial score (nSPS) is 17.9. The summed E-state index contributed by atoms with van der Waals surface area (Å²) in [6.07, 6.45) is 7.94. The van der Waals surface area contributed by atoms with Crippen LogP contribution in [-0.2, 0) is 6.42 Å². The third-order valence-electron chi connectivity index (χ3n) is 7.00. The Morgan fingerprint density at radius 1 is 0.676 bits per heavy atom. The van der Waals surface area contributed by atoms with Gasteiger partial charge >= 0.3 is 0 Å². The zero-order valence-corrected chi connectivity index (χ0v) is 20.5. The van der Waals surface area contributed by atoms with Gasteiger partial charge in [0.1, 0.15) is 11.5 Å². The van der Waals surface area contributed by atoms with Gasteiger partial charge in [0.15, 0.2) is 11.6 Å². The van der Waals surface area contributed by atoms with Gasteiger partial charge in [-0.05, 0) is 88.3 Å². The molecule has 0 aliphatic carbocycles. The lowest BCUT2D eigenvalue weighted by Gasteiger charge is -2.26. The van der Waals surface area contributed by atoms with Gasteiger partial charge < -0.3 is 10.2 Å². The summed E-state index contributed by atoms with van der Waals surface area (Å²) in [5.74, 6) is 1.95. The Bertz CT molecular complexity index is 934. The molecule has 0 aromatic heterocycles. The first kappa shape index (κ1) is 26.4. The summed E-state index contributed by atoms with van der Waals surface area (Å²) in [4.78, 5) is 30.2. The molecule has 7 heteroatoms. The average molecular weight is 487 g/mol. The molecule has 0 atom stereocenters. The second kappa shape index (κ2) is 11.9. The number of piperidine rings is 2. The van der Waals surface area contributed by atoms with E-state index in [0.717, 1.165) is 59.9 Å². The fourth-order valence-corrected chi connectivity index (χ4v) is 5.13. The van der Waals surface area contributed by atoms with Crippen LogP contribution in [0.4, 0.5) is 0 Å². The van der Waals surface area contributed by atoms with Crippen molar-refractivity contribution in [2.45, 2.75) is 44.9 Å². The fraction of sp³-hybridized carbons (Fsp3) is 0.481. The van der Waals surface area contributed by atoms with Crippen LogP contribution in [0.1, 0.15) is 70.4 Å². The highest BCUT2D eigenvalue weighted by Crippen LogP contribution is 2.37. The van der Waals surface area contributed by atoms with Crippen LogP contribution in [0.5, 0.6) is 11.5 Å². The highest BCUT2D eigenvalue weighted by molar-refractivity contribution is 5.99. The quantitative estimate of drug-likeness (QED) is 0.485. The average Bonchev–Trinajstić information content (AvgIpc) is 2.83. The van der Waals surface area contributed by atoms with Gasteiger partial charge in [-0.3, -0.25) is 19.4 Å². The summed E-state index contributed by atoms with van der Waals surface area (Å²) in [7, 11) is 0. The highest BCUT2D eigenvalue weighted by atomic mass is 35.5. The number of carbonyl (C=O) groups is 2. The minimum Gasteiger partial charge on any atom is -0.457 e. The van der Waals surface area contributed by atoms with E-state index < -0.39 is 0 Å². The monoisotopic (exact) mass is 486 g/mol. The van der Waals surface area contributed by atoms with Gasteiger partial charge in [-0.2, -0.15) is 0 Å². The van der Waals surface area contributed by atoms with Crippen LogP contribution in [0.25, 0.3) is 0 Å². The lowest BCUT2D eigenvalue weighted by molar-refractivity contribution is 0.0908. The summed E-state index contributed by atoms with van der Waals surface area (Å²) in [5.41, 5.74) is 3.53. The number of nitrogens with zero attached hydrogens (tertiary/aromatic N) is 2. The Morgan fingerprint density at radius 2 is 1.09 bits per heavy atom. The molecule has 2 N–H and O–H groups in total. The summed E-state index contributed by atoms with van der Waals surface area (Å²) < 4.78 is 6.10. The van der Waals surface area contributed by atoms with Gasteiger partial charge in [-0.15, -0.1) is 12.4 Å². The molecule has 3 aliphatic rings. The minimum absolute atomic E-state index is 0. The van der Waals surface area contributed by atoms with Crippen LogP contribution in [0.15, 0.2) is 36.4 Å². The zero-order chi connectivity index (χ0) is 21.9. The van der Waals surface area contributed by atoms with Crippen LogP contribution in [0.2, 0.25) is 0 Å². The molecule has 34 heavy (non-hydrogen) atoms. The summed E-state index contributed by atoms with van der Waals surface area (Å²) >= 11 is 0. The second-order valence-corrected chi connectivity index (χ2v) is 9.44. The van der Waals surface area contributed by atoms with E-state index >= 15 is 0 Å². The molecule has 0 amide bonds.